The van der Waals surface area contributed by atoms with E-state index in [1.807, 2.05) is 6.07 Å². The predicted molar refractivity (Wildman–Crippen MR) is 114 cm³/mol. The van der Waals surface area contributed by atoms with Gasteiger partial charge in [-0.3, -0.25) is 14.6 Å². The number of hydrogen-bond donors (Lipinski definition) is 2. The predicted octanol–water partition coefficient (Wildman–Crippen LogP) is 3.13. The number of anilines is 1. The van der Waals surface area contributed by atoms with Crippen molar-refractivity contribution in [3.8, 4) is 11.3 Å². The minimum atomic E-state index is -0.457. The van der Waals surface area contributed by atoms with Crippen LogP contribution in [-0.2, 0) is 9.53 Å². The molecule has 0 fully saturated rings. The van der Waals surface area contributed by atoms with Crippen LogP contribution in [0.2, 0.25) is 0 Å². The zero-order valence-electron chi connectivity index (χ0n) is 16.4. The first-order chi connectivity index (χ1) is 14.4. The summed E-state index contributed by atoms with van der Waals surface area (Å²) in [4.78, 5) is 39.1. The van der Waals surface area contributed by atoms with E-state index in [4.69, 9.17) is 4.74 Å². The molecule has 0 bridgehead atoms. The number of thioether (sulfide) groups is 1. The molecule has 0 unspecified atom stereocenters. The number of hydrogen-bond acceptors (Lipinski definition) is 7. The van der Waals surface area contributed by atoms with Gasteiger partial charge in [0.1, 0.15) is 0 Å². The lowest BCUT2D eigenvalue weighted by atomic mass is 10.2. The maximum atomic E-state index is 12.2. The number of rotatable bonds is 7. The number of carbonyl (C=O) groups excluding carboxylic acids is 2. The van der Waals surface area contributed by atoms with E-state index < -0.39 is 5.97 Å². The van der Waals surface area contributed by atoms with Gasteiger partial charge in [-0.05, 0) is 32.0 Å². The molecule has 1 amide bonds. The Bertz CT molecular complexity index is 1100. The van der Waals surface area contributed by atoms with Crippen molar-refractivity contribution in [1.29, 1.82) is 0 Å². The molecular formula is C21H20N4O4S. The Balaban J connectivity index is 1.59. The van der Waals surface area contributed by atoms with Crippen molar-refractivity contribution in [1.82, 2.24) is 15.2 Å². The van der Waals surface area contributed by atoms with Crippen molar-refractivity contribution in [2.75, 3.05) is 11.1 Å². The Morgan fingerprint density at radius 2 is 1.87 bits per heavy atom. The van der Waals surface area contributed by atoms with Gasteiger partial charge in [-0.2, -0.15) is 0 Å². The number of ether oxygens (including phenoxy) is 1. The highest BCUT2D eigenvalue weighted by atomic mass is 32.2. The Hall–Kier alpha value is -3.46. The van der Waals surface area contributed by atoms with Gasteiger partial charge < -0.3 is 10.1 Å². The number of amides is 1. The smallest absolute Gasteiger partial charge is 0.338 e. The van der Waals surface area contributed by atoms with Gasteiger partial charge in [-0.1, -0.05) is 48.2 Å². The molecule has 1 aromatic heterocycles. The Kier molecular flexibility index (Phi) is 6.97. The van der Waals surface area contributed by atoms with E-state index in [1.54, 1.807) is 62.4 Å². The largest absolute Gasteiger partial charge is 0.459 e. The molecule has 8 nitrogen and oxygen atoms in total. The molecule has 3 rings (SSSR count). The molecule has 0 spiro atoms. The molecule has 2 aromatic carbocycles. The van der Waals surface area contributed by atoms with Crippen molar-refractivity contribution in [3.05, 3.63) is 70.5 Å². The van der Waals surface area contributed by atoms with Crippen LogP contribution in [0, 0.1) is 0 Å². The van der Waals surface area contributed by atoms with Crippen molar-refractivity contribution < 1.29 is 14.3 Å². The summed E-state index contributed by atoms with van der Waals surface area (Å²) in [5, 5.41) is 10.9. The standard InChI is InChI=1S/C21H20N4O4S/c1-13(2)29-20(28)15-9-6-10-16(11-15)22-17(26)12-30-21-23-19(27)18(24-25-21)14-7-4-3-5-8-14/h3-11,13H,12H2,1-2H3,(H,22,26)(H,23,25,27). The molecule has 30 heavy (non-hydrogen) atoms. The lowest BCUT2D eigenvalue weighted by molar-refractivity contribution is -0.113. The molecule has 0 saturated heterocycles. The average Bonchev–Trinajstić information content (AvgIpc) is 2.73. The first-order valence-electron chi connectivity index (χ1n) is 9.18. The van der Waals surface area contributed by atoms with E-state index in [-0.39, 0.29) is 34.2 Å². The van der Waals surface area contributed by atoms with Crippen molar-refractivity contribution in [2.45, 2.75) is 25.1 Å². The van der Waals surface area contributed by atoms with Gasteiger partial charge in [0.05, 0.1) is 17.4 Å². The molecule has 2 N–H and O–H groups in total. The highest BCUT2D eigenvalue weighted by Crippen LogP contribution is 2.16. The van der Waals surface area contributed by atoms with Crippen LogP contribution in [-0.4, -0.2) is 38.9 Å². The summed E-state index contributed by atoms with van der Waals surface area (Å²) in [7, 11) is 0. The van der Waals surface area contributed by atoms with Crippen LogP contribution in [0.15, 0.2) is 64.5 Å². The first-order valence-corrected chi connectivity index (χ1v) is 10.2. The van der Waals surface area contributed by atoms with Crippen molar-refractivity contribution in [2.24, 2.45) is 0 Å². The second-order valence-electron chi connectivity index (χ2n) is 6.55. The second-order valence-corrected chi connectivity index (χ2v) is 7.51. The summed E-state index contributed by atoms with van der Waals surface area (Å²) in [5.41, 5.74) is 1.32. The molecular weight excluding hydrogens is 404 g/mol. The monoisotopic (exact) mass is 424 g/mol. The SMILES string of the molecule is CC(C)OC(=O)c1cccc(NC(=O)CSc2nnc(-c3ccccc3)c(=O)[nH]2)c1. The average molecular weight is 424 g/mol. The normalized spacial score (nSPS) is 10.6. The van der Waals surface area contributed by atoms with E-state index in [0.29, 0.717) is 16.8 Å². The number of aromatic nitrogens is 3. The Morgan fingerprint density at radius 3 is 2.57 bits per heavy atom. The fraction of sp³-hybridized carbons (Fsp3) is 0.190. The lowest BCUT2D eigenvalue weighted by Crippen LogP contribution is -2.17. The van der Waals surface area contributed by atoms with Gasteiger partial charge in [0.25, 0.3) is 5.56 Å². The molecule has 154 valence electrons. The summed E-state index contributed by atoms with van der Waals surface area (Å²) in [5.74, 6) is -0.762. The van der Waals surface area contributed by atoms with Crippen molar-refractivity contribution >= 4 is 29.3 Å². The third-order valence-corrected chi connectivity index (χ3v) is 4.65. The van der Waals surface area contributed by atoms with Crippen LogP contribution in [0.5, 0.6) is 0 Å². The second kappa shape index (κ2) is 9.84. The van der Waals surface area contributed by atoms with Gasteiger partial charge in [0.15, 0.2) is 10.9 Å². The summed E-state index contributed by atoms with van der Waals surface area (Å²) in [6.45, 7) is 3.53. The first kappa shape index (κ1) is 21.3. The quantitative estimate of drug-likeness (QED) is 0.442. The number of esters is 1. The summed E-state index contributed by atoms with van der Waals surface area (Å²) < 4.78 is 5.15. The summed E-state index contributed by atoms with van der Waals surface area (Å²) >= 11 is 1.05. The third-order valence-electron chi connectivity index (χ3n) is 3.79. The molecule has 0 saturated carbocycles. The van der Waals surface area contributed by atoms with E-state index >= 15 is 0 Å². The molecule has 1 heterocycles. The van der Waals surface area contributed by atoms with Crippen LogP contribution in [0.4, 0.5) is 5.69 Å². The molecule has 0 aliphatic rings. The van der Waals surface area contributed by atoms with Crippen LogP contribution in [0.1, 0.15) is 24.2 Å². The van der Waals surface area contributed by atoms with Crippen LogP contribution < -0.4 is 10.9 Å². The zero-order chi connectivity index (χ0) is 21.5. The summed E-state index contributed by atoms with van der Waals surface area (Å²) in [6, 6.07) is 15.5. The molecule has 0 aliphatic heterocycles. The van der Waals surface area contributed by atoms with Gasteiger partial charge in [-0.15, -0.1) is 10.2 Å². The highest BCUT2D eigenvalue weighted by Gasteiger charge is 2.12. The van der Waals surface area contributed by atoms with Crippen LogP contribution in [0.3, 0.4) is 0 Å². The van der Waals surface area contributed by atoms with E-state index in [9.17, 15) is 14.4 Å². The number of nitrogens with zero attached hydrogens (tertiary/aromatic N) is 2. The minimum Gasteiger partial charge on any atom is -0.459 e. The maximum absolute atomic E-state index is 12.2. The van der Waals surface area contributed by atoms with Gasteiger partial charge in [-0.25, -0.2) is 4.79 Å². The van der Waals surface area contributed by atoms with Crippen LogP contribution >= 0.6 is 11.8 Å². The molecule has 9 heteroatoms. The van der Waals surface area contributed by atoms with Gasteiger partial charge in [0, 0.05) is 11.3 Å². The van der Waals surface area contributed by atoms with Gasteiger partial charge in [0.2, 0.25) is 5.91 Å². The number of benzene rings is 2. The minimum absolute atomic E-state index is 0.00989. The molecule has 3 aromatic rings. The van der Waals surface area contributed by atoms with E-state index in [2.05, 4.69) is 20.5 Å². The fourth-order valence-electron chi connectivity index (χ4n) is 2.51. The highest BCUT2D eigenvalue weighted by molar-refractivity contribution is 7.99. The Labute approximate surface area is 177 Å². The lowest BCUT2D eigenvalue weighted by Gasteiger charge is -2.09. The fourth-order valence-corrected chi connectivity index (χ4v) is 3.11. The molecule has 0 aliphatic carbocycles. The third kappa shape index (κ3) is 5.77. The molecule has 0 radical (unpaired) electrons. The number of nitrogens with one attached hydrogen (secondary N) is 2. The van der Waals surface area contributed by atoms with E-state index in [1.165, 1.54) is 0 Å². The number of carbonyl (C=O) groups is 2. The summed E-state index contributed by atoms with van der Waals surface area (Å²) in [6.07, 6.45) is -0.233. The number of H-pyrrole nitrogens is 1. The zero-order valence-corrected chi connectivity index (χ0v) is 17.2. The van der Waals surface area contributed by atoms with Gasteiger partial charge >= 0.3 is 5.97 Å². The Morgan fingerprint density at radius 1 is 1.10 bits per heavy atom. The van der Waals surface area contributed by atoms with E-state index in [0.717, 1.165) is 11.8 Å². The topological polar surface area (TPSA) is 114 Å². The van der Waals surface area contributed by atoms with Crippen LogP contribution in [0.25, 0.3) is 11.3 Å². The molecule has 0 atom stereocenters. The number of aromatic amines is 1. The van der Waals surface area contributed by atoms with Crippen molar-refractivity contribution in [3.63, 3.8) is 0 Å². The maximum Gasteiger partial charge on any atom is 0.338 e.